The number of nitrogens with one attached hydrogen (secondary N) is 1. The van der Waals surface area contributed by atoms with Crippen LogP contribution < -0.4 is 20.7 Å². The van der Waals surface area contributed by atoms with Crippen molar-refractivity contribution >= 4 is 23.4 Å². The molecule has 2 aromatic carbocycles. The lowest BCUT2D eigenvalue weighted by molar-refractivity contribution is -0.116. The minimum atomic E-state index is -0.845. The second-order valence-corrected chi connectivity index (χ2v) is 5.55. The van der Waals surface area contributed by atoms with Crippen molar-refractivity contribution in [3.05, 3.63) is 54.1 Å². The number of carbonyl (C=O) groups is 2. The number of ether oxygens (including phenoxy) is 1. The molecule has 0 aliphatic heterocycles. The van der Waals surface area contributed by atoms with Crippen molar-refractivity contribution in [3.63, 3.8) is 0 Å². The normalized spacial score (nSPS) is 10.1. The third-order valence-corrected chi connectivity index (χ3v) is 3.45. The fourth-order valence-corrected chi connectivity index (χ4v) is 2.16. The Morgan fingerprint density at radius 3 is 2.21 bits per heavy atom. The number of aryl methyl sites for hydroxylation is 1. The topological polar surface area (TPSA) is 84.7 Å². The summed E-state index contributed by atoms with van der Waals surface area (Å²) in [6.45, 7) is 0. The number of hydrogen-bond acceptors (Lipinski definition) is 4. The molecule has 0 unspecified atom stereocenters. The molecule has 0 saturated carbocycles. The summed E-state index contributed by atoms with van der Waals surface area (Å²) >= 11 is 0. The largest absolute Gasteiger partial charge is 0.411 e. The van der Waals surface area contributed by atoms with E-state index < -0.39 is 6.09 Å². The predicted octanol–water partition coefficient (Wildman–Crippen LogP) is 2.78. The molecule has 0 aliphatic carbocycles. The van der Waals surface area contributed by atoms with E-state index in [0.717, 1.165) is 16.9 Å². The SMILES string of the molecule is CN(C)c1ccc(NC(=O)CCc2ccc(OC(N)=O)cc2)cc1. The van der Waals surface area contributed by atoms with Crippen molar-refractivity contribution in [3.8, 4) is 5.75 Å². The van der Waals surface area contributed by atoms with Gasteiger partial charge in [0.2, 0.25) is 5.91 Å². The van der Waals surface area contributed by atoms with Crippen LogP contribution in [-0.4, -0.2) is 26.1 Å². The van der Waals surface area contributed by atoms with E-state index in [1.54, 1.807) is 24.3 Å². The number of anilines is 2. The van der Waals surface area contributed by atoms with Gasteiger partial charge in [0.1, 0.15) is 5.75 Å². The van der Waals surface area contributed by atoms with Crippen LogP contribution in [0.15, 0.2) is 48.5 Å². The Morgan fingerprint density at radius 1 is 1.04 bits per heavy atom. The fourth-order valence-electron chi connectivity index (χ4n) is 2.16. The van der Waals surface area contributed by atoms with Crippen LogP contribution in [0.4, 0.5) is 16.2 Å². The standard InChI is InChI=1S/C18H21N3O3/c1-21(2)15-8-6-14(7-9-15)20-17(22)12-5-13-3-10-16(11-4-13)24-18(19)23/h3-4,6-11H,5,12H2,1-2H3,(H2,19,23)(H,20,22). The van der Waals surface area contributed by atoms with Crippen molar-refractivity contribution in [1.29, 1.82) is 0 Å². The average Bonchev–Trinajstić information content (AvgIpc) is 2.54. The van der Waals surface area contributed by atoms with Gasteiger partial charge in [-0.15, -0.1) is 0 Å². The molecule has 6 nitrogen and oxygen atoms in total. The fraction of sp³-hybridized carbons (Fsp3) is 0.222. The minimum absolute atomic E-state index is 0.0509. The van der Waals surface area contributed by atoms with Gasteiger partial charge in [0.15, 0.2) is 0 Å². The molecule has 2 rings (SSSR count). The second kappa shape index (κ2) is 8.01. The Hall–Kier alpha value is -3.02. The van der Waals surface area contributed by atoms with Crippen molar-refractivity contribution in [2.45, 2.75) is 12.8 Å². The van der Waals surface area contributed by atoms with Gasteiger partial charge in [-0.05, 0) is 48.4 Å². The van der Waals surface area contributed by atoms with E-state index in [4.69, 9.17) is 10.5 Å². The maximum atomic E-state index is 12.0. The number of hydrogen-bond donors (Lipinski definition) is 2. The number of nitrogens with zero attached hydrogens (tertiary/aromatic N) is 1. The van der Waals surface area contributed by atoms with Gasteiger partial charge in [-0.2, -0.15) is 0 Å². The van der Waals surface area contributed by atoms with E-state index in [-0.39, 0.29) is 5.91 Å². The van der Waals surface area contributed by atoms with Crippen LogP contribution in [-0.2, 0) is 11.2 Å². The zero-order valence-electron chi connectivity index (χ0n) is 13.8. The van der Waals surface area contributed by atoms with Crippen LogP contribution in [0.2, 0.25) is 0 Å². The Kier molecular flexibility index (Phi) is 5.78. The molecule has 6 heteroatoms. The summed E-state index contributed by atoms with van der Waals surface area (Å²) in [5.41, 5.74) is 7.77. The zero-order valence-corrected chi connectivity index (χ0v) is 13.8. The quantitative estimate of drug-likeness (QED) is 0.854. The molecule has 24 heavy (non-hydrogen) atoms. The predicted molar refractivity (Wildman–Crippen MR) is 94.4 cm³/mol. The number of rotatable bonds is 6. The molecule has 0 atom stereocenters. The number of primary amides is 1. The average molecular weight is 327 g/mol. The van der Waals surface area contributed by atoms with Gasteiger partial charge in [0.25, 0.3) is 0 Å². The molecule has 0 heterocycles. The molecule has 0 spiro atoms. The maximum absolute atomic E-state index is 12.0. The van der Waals surface area contributed by atoms with Gasteiger partial charge in [0, 0.05) is 31.9 Å². The molecule has 126 valence electrons. The summed E-state index contributed by atoms with van der Waals surface area (Å²) in [5.74, 6) is 0.335. The van der Waals surface area contributed by atoms with Crippen molar-refractivity contribution < 1.29 is 14.3 Å². The number of benzene rings is 2. The molecule has 0 aromatic heterocycles. The summed E-state index contributed by atoms with van der Waals surface area (Å²) in [6.07, 6.45) is 0.117. The van der Waals surface area contributed by atoms with E-state index >= 15 is 0 Å². The van der Waals surface area contributed by atoms with Gasteiger partial charge >= 0.3 is 6.09 Å². The number of amides is 2. The molecule has 0 aliphatic rings. The molecule has 2 amide bonds. The Labute approximate surface area is 141 Å². The lowest BCUT2D eigenvalue weighted by atomic mass is 10.1. The molecule has 0 radical (unpaired) electrons. The first-order valence-electron chi connectivity index (χ1n) is 7.57. The number of carbonyl (C=O) groups excluding carboxylic acids is 2. The summed E-state index contributed by atoms with van der Waals surface area (Å²) in [4.78, 5) is 24.7. The highest BCUT2D eigenvalue weighted by atomic mass is 16.5. The first kappa shape index (κ1) is 17.3. The van der Waals surface area contributed by atoms with Gasteiger partial charge in [-0.1, -0.05) is 12.1 Å². The molecule has 2 aromatic rings. The van der Waals surface area contributed by atoms with Crippen LogP contribution in [0.25, 0.3) is 0 Å². The van der Waals surface area contributed by atoms with Gasteiger partial charge in [-0.3, -0.25) is 4.79 Å². The second-order valence-electron chi connectivity index (χ2n) is 5.55. The van der Waals surface area contributed by atoms with Crippen LogP contribution in [0.3, 0.4) is 0 Å². The summed E-state index contributed by atoms with van der Waals surface area (Å²) in [7, 11) is 3.93. The molecular weight excluding hydrogens is 306 g/mol. The van der Waals surface area contributed by atoms with Crippen LogP contribution >= 0.6 is 0 Å². The Balaban J connectivity index is 1.83. The van der Waals surface area contributed by atoms with Gasteiger partial charge in [0.05, 0.1) is 0 Å². The third kappa shape index (κ3) is 5.31. The zero-order chi connectivity index (χ0) is 17.5. The van der Waals surface area contributed by atoms with E-state index in [0.29, 0.717) is 18.6 Å². The lowest BCUT2D eigenvalue weighted by Crippen LogP contribution is -2.16. The highest BCUT2D eigenvalue weighted by molar-refractivity contribution is 5.91. The Bertz CT molecular complexity index is 694. The van der Waals surface area contributed by atoms with Crippen LogP contribution in [0.1, 0.15) is 12.0 Å². The summed E-state index contributed by atoms with van der Waals surface area (Å²) in [5, 5.41) is 2.87. The molecular formula is C18H21N3O3. The minimum Gasteiger partial charge on any atom is -0.411 e. The number of nitrogens with two attached hydrogens (primary N) is 1. The van der Waals surface area contributed by atoms with E-state index in [9.17, 15) is 9.59 Å². The van der Waals surface area contributed by atoms with Crippen LogP contribution in [0, 0.1) is 0 Å². The van der Waals surface area contributed by atoms with Crippen molar-refractivity contribution in [1.82, 2.24) is 0 Å². The Morgan fingerprint density at radius 2 is 1.67 bits per heavy atom. The van der Waals surface area contributed by atoms with Crippen molar-refractivity contribution in [2.24, 2.45) is 5.73 Å². The van der Waals surface area contributed by atoms with E-state index in [1.807, 2.05) is 43.3 Å². The molecule has 0 bridgehead atoms. The highest BCUT2D eigenvalue weighted by Gasteiger charge is 2.05. The highest BCUT2D eigenvalue weighted by Crippen LogP contribution is 2.17. The van der Waals surface area contributed by atoms with E-state index in [2.05, 4.69) is 5.32 Å². The van der Waals surface area contributed by atoms with Gasteiger partial charge in [-0.25, -0.2) is 4.79 Å². The lowest BCUT2D eigenvalue weighted by Gasteiger charge is -2.13. The first-order chi connectivity index (χ1) is 11.4. The summed E-state index contributed by atoms with van der Waals surface area (Å²) in [6, 6.07) is 14.6. The molecule has 3 N–H and O–H groups in total. The third-order valence-electron chi connectivity index (χ3n) is 3.45. The molecule has 0 saturated heterocycles. The van der Waals surface area contributed by atoms with Gasteiger partial charge < -0.3 is 20.7 Å². The van der Waals surface area contributed by atoms with E-state index in [1.165, 1.54) is 0 Å². The molecule has 0 fully saturated rings. The first-order valence-corrected chi connectivity index (χ1v) is 7.57. The summed E-state index contributed by atoms with van der Waals surface area (Å²) < 4.78 is 4.76. The maximum Gasteiger partial charge on any atom is 0.409 e. The van der Waals surface area contributed by atoms with Crippen molar-refractivity contribution in [2.75, 3.05) is 24.3 Å². The monoisotopic (exact) mass is 327 g/mol. The van der Waals surface area contributed by atoms with Crippen LogP contribution in [0.5, 0.6) is 5.75 Å². The smallest absolute Gasteiger partial charge is 0.409 e.